The number of aryl methyl sites for hydroxylation is 2. The van der Waals surface area contributed by atoms with Crippen LogP contribution in [-0.4, -0.2) is 11.8 Å². The minimum atomic E-state index is 0.187. The maximum Gasteiger partial charge on any atom is 0.138 e. The molecule has 112 valence electrons. The van der Waals surface area contributed by atoms with Crippen molar-refractivity contribution in [3.63, 3.8) is 0 Å². The fourth-order valence-electron chi connectivity index (χ4n) is 2.95. The summed E-state index contributed by atoms with van der Waals surface area (Å²) in [6, 6.07) is 4.45. The Hall–Kier alpha value is -1.33. The van der Waals surface area contributed by atoms with Gasteiger partial charge in [-0.3, -0.25) is 0 Å². The molecule has 0 fully saturated rings. The molecule has 2 heterocycles. The first-order chi connectivity index (χ1) is 10.1. The van der Waals surface area contributed by atoms with E-state index in [1.165, 1.54) is 11.1 Å². The van der Waals surface area contributed by atoms with Crippen LogP contribution in [0.15, 0.2) is 21.1 Å². The van der Waals surface area contributed by atoms with Crippen molar-refractivity contribution in [2.24, 2.45) is 0 Å². The maximum absolute atomic E-state index is 5.76. The second kappa shape index (κ2) is 5.81. The number of rotatable bonds is 4. The molecule has 21 heavy (non-hydrogen) atoms. The molecular weight excluding hydrogens is 332 g/mol. The Balaban J connectivity index is 1.77. The van der Waals surface area contributed by atoms with E-state index in [-0.39, 0.29) is 6.04 Å². The molecule has 3 rings (SSSR count). The van der Waals surface area contributed by atoms with Gasteiger partial charge in [0.25, 0.3) is 0 Å². The van der Waals surface area contributed by atoms with Gasteiger partial charge < -0.3 is 14.6 Å². The molecule has 1 unspecified atom stereocenters. The van der Waals surface area contributed by atoms with Gasteiger partial charge in [-0.2, -0.15) is 0 Å². The summed E-state index contributed by atoms with van der Waals surface area (Å²) in [4.78, 5) is 0. The minimum Gasteiger partial charge on any atom is -0.493 e. The lowest BCUT2D eigenvalue weighted by atomic mass is 10.1. The summed E-state index contributed by atoms with van der Waals surface area (Å²) in [6.45, 7) is 7.59. The van der Waals surface area contributed by atoms with E-state index in [1.54, 1.807) is 0 Å². The number of hydrogen-bond acceptors (Lipinski definition) is 4. The smallest absolute Gasteiger partial charge is 0.138 e. The Bertz CT molecular complexity index is 647. The molecule has 0 saturated carbocycles. The molecule has 2 aromatic rings. The lowest BCUT2D eigenvalue weighted by Gasteiger charge is -2.15. The van der Waals surface area contributed by atoms with Gasteiger partial charge in [0.1, 0.15) is 11.5 Å². The molecule has 1 aliphatic rings. The molecule has 1 atom stereocenters. The Morgan fingerprint density at radius 2 is 2.19 bits per heavy atom. The third kappa shape index (κ3) is 2.85. The van der Waals surface area contributed by atoms with Crippen molar-refractivity contribution in [1.82, 2.24) is 10.5 Å². The van der Waals surface area contributed by atoms with E-state index in [0.717, 1.165) is 46.8 Å². The zero-order chi connectivity index (χ0) is 15.0. The number of ether oxygens (including phenoxy) is 1. The summed E-state index contributed by atoms with van der Waals surface area (Å²) >= 11 is 3.58. The first-order valence-corrected chi connectivity index (χ1v) is 7.96. The Morgan fingerprint density at radius 1 is 1.38 bits per heavy atom. The van der Waals surface area contributed by atoms with Crippen molar-refractivity contribution in [2.75, 3.05) is 6.61 Å². The Labute approximate surface area is 133 Å². The second-order valence-corrected chi connectivity index (χ2v) is 6.41. The highest BCUT2D eigenvalue weighted by atomic mass is 79.9. The van der Waals surface area contributed by atoms with Crippen molar-refractivity contribution in [1.29, 1.82) is 0 Å². The van der Waals surface area contributed by atoms with Crippen LogP contribution >= 0.6 is 15.9 Å². The molecule has 0 radical (unpaired) electrons. The summed E-state index contributed by atoms with van der Waals surface area (Å²) < 4.78 is 12.1. The molecule has 4 nitrogen and oxygen atoms in total. The van der Waals surface area contributed by atoms with Gasteiger partial charge in [-0.1, -0.05) is 21.1 Å². The zero-order valence-corrected chi connectivity index (χ0v) is 14.1. The number of aromatic nitrogens is 1. The molecule has 0 bridgehead atoms. The molecule has 0 amide bonds. The average molecular weight is 351 g/mol. The highest BCUT2D eigenvalue weighted by Gasteiger charge is 2.20. The van der Waals surface area contributed by atoms with Crippen LogP contribution in [0.1, 0.15) is 41.1 Å². The highest BCUT2D eigenvalue weighted by Crippen LogP contribution is 2.33. The van der Waals surface area contributed by atoms with E-state index in [4.69, 9.17) is 9.26 Å². The average Bonchev–Trinajstić information content (AvgIpc) is 3.02. The Kier molecular flexibility index (Phi) is 4.04. The van der Waals surface area contributed by atoms with Crippen LogP contribution < -0.4 is 10.1 Å². The molecular formula is C16H19BrN2O2. The van der Waals surface area contributed by atoms with E-state index in [9.17, 15) is 0 Å². The lowest BCUT2D eigenvalue weighted by molar-refractivity contribution is 0.351. The van der Waals surface area contributed by atoms with Crippen molar-refractivity contribution in [3.8, 4) is 5.75 Å². The summed E-state index contributed by atoms with van der Waals surface area (Å²) in [5, 5.41) is 7.56. The molecule has 0 saturated heterocycles. The number of nitrogens with zero attached hydrogens (tertiary/aromatic N) is 1. The third-order valence-corrected chi connectivity index (χ3v) is 4.40. The van der Waals surface area contributed by atoms with Crippen LogP contribution in [0.3, 0.4) is 0 Å². The lowest BCUT2D eigenvalue weighted by Crippen LogP contribution is -2.19. The normalized spacial score (nSPS) is 14.9. The van der Waals surface area contributed by atoms with Gasteiger partial charge in [0.15, 0.2) is 0 Å². The number of nitrogens with one attached hydrogen (secondary N) is 1. The number of fused-ring (bicyclic) bond motifs is 1. The van der Waals surface area contributed by atoms with Crippen molar-refractivity contribution in [3.05, 3.63) is 44.7 Å². The molecule has 0 spiro atoms. The second-order valence-electron chi connectivity index (χ2n) is 5.49. The van der Waals surface area contributed by atoms with Gasteiger partial charge in [0.2, 0.25) is 0 Å². The van der Waals surface area contributed by atoms with Crippen LogP contribution in [0.2, 0.25) is 0 Å². The Morgan fingerprint density at radius 3 is 2.90 bits per heavy atom. The fourth-order valence-corrected chi connectivity index (χ4v) is 3.50. The standard InChI is InChI=1S/C16H19BrN2O2/c1-9(15-10(2)19-21-11(15)3)18-8-13-7-14(17)6-12-4-5-20-16(12)13/h6-7,9,18H,4-5,8H2,1-3H3. The van der Waals surface area contributed by atoms with E-state index < -0.39 is 0 Å². The molecule has 1 N–H and O–H groups in total. The van der Waals surface area contributed by atoms with Gasteiger partial charge in [0, 0.05) is 34.6 Å². The van der Waals surface area contributed by atoms with E-state index in [0.29, 0.717) is 0 Å². The number of hydrogen-bond donors (Lipinski definition) is 1. The van der Waals surface area contributed by atoms with Gasteiger partial charge >= 0.3 is 0 Å². The van der Waals surface area contributed by atoms with Crippen LogP contribution in [0, 0.1) is 13.8 Å². The van der Waals surface area contributed by atoms with Crippen LogP contribution in [-0.2, 0) is 13.0 Å². The monoisotopic (exact) mass is 350 g/mol. The van der Waals surface area contributed by atoms with Crippen LogP contribution in [0.25, 0.3) is 0 Å². The first-order valence-electron chi connectivity index (χ1n) is 7.16. The van der Waals surface area contributed by atoms with Gasteiger partial charge in [-0.15, -0.1) is 0 Å². The zero-order valence-electron chi connectivity index (χ0n) is 12.5. The molecule has 1 aromatic carbocycles. The van der Waals surface area contributed by atoms with Gasteiger partial charge in [0.05, 0.1) is 12.3 Å². The molecule has 1 aliphatic heterocycles. The van der Waals surface area contributed by atoms with E-state index >= 15 is 0 Å². The fraction of sp³-hybridized carbons (Fsp3) is 0.438. The molecule has 1 aromatic heterocycles. The predicted molar refractivity (Wildman–Crippen MR) is 84.6 cm³/mol. The van der Waals surface area contributed by atoms with E-state index in [2.05, 4.69) is 45.5 Å². The van der Waals surface area contributed by atoms with Gasteiger partial charge in [-0.05, 0) is 38.5 Å². The third-order valence-electron chi connectivity index (χ3n) is 3.95. The topological polar surface area (TPSA) is 47.3 Å². The summed E-state index contributed by atoms with van der Waals surface area (Å²) in [5.41, 5.74) is 4.56. The number of benzene rings is 1. The van der Waals surface area contributed by atoms with Crippen molar-refractivity contribution >= 4 is 15.9 Å². The molecule has 5 heteroatoms. The van der Waals surface area contributed by atoms with Gasteiger partial charge in [-0.25, -0.2) is 0 Å². The summed E-state index contributed by atoms with van der Waals surface area (Å²) in [6.07, 6.45) is 0.987. The van der Waals surface area contributed by atoms with Crippen LogP contribution in [0.5, 0.6) is 5.75 Å². The maximum atomic E-state index is 5.76. The quantitative estimate of drug-likeness (QED) is 0.909. The predicted octanol–water partition coefficient (Wildman–Crippen LogP) is 3.84. The highest BCUT2D eigenvalue weighted by molar-refractivity contribution is 9.10. The minimum absolute atomic E-state index is 0.187. The van der Waals surface area contributed by atoms with E-state index in [1.807, 2.05) is 13.8 Å². The first kappa shape index (κ1) is 14.6. The van der Waals surface area contributed by atoms with Crippen LogP contribution in [0.4, 0.5) is 0 Å². The largest absolute Gasteiger partial charge is 0.493 e. The van der Waals surface area contributed by atoms with Crippen molar-refractivity contribution in [2.45, 2.75) is 39.8 Å². The number of halogens is 1. The summed E-state index contributed by atoms with van der Waals surface area (Å²) in [7, 11) is 0. The SMILES string of the molecule is Cc1noc(C)c1C(C)NCc1cc(Br)cc2c1OCC2. The summed E-state index contributed by atoms with van der Waals surface area (Å²) in [5.74, 6) is 1.92. The van der Waals surface area contributed by atoms with Crippen molar-refractivity contribution < 1.29 is 9.26 Å². The molecule has 0 aliphatic carbocycles.